The zero-order chi connectivity index (χ0) is 10.6. The number of rotatable bonds is 9. The molecule has 0 saturated carbocycles. The highest BCUT2D eigenvalue weighted by molar-refractivity contribution is 4.97. The minimum atomic E-state index is 1.29. The predicted molar refractivity (Wildman–Crippen MR) is 66.7 cm³/mol. The average Bonchev–Trinajstić information content (AvgIpc) is 2.18. The Bertz CT molecular complexity index is 133. The van der Waals surface area contributed by atoms with E-state index in [2.05, 4.69) is 26.8 Å². The Morgan fingerprint density at radius 2 is 1.50 bits per heavy atom. The zero-order valence-electron chi connectivity index (χ0n) is 10.4. The van der Waals surface area contributed by atoms with Gasteiger partial charge in [0.1, 0.15) is 0 Å². The second kappa shape index (κ2) is 10.8. The van der Waals surface area contributed by atoms with E-state index < -0.39 is 0 Å². The van der Waals surface area contributed by atoms with Crippen LogP contribution in [0.3, 0.4) is 0 Å². The second-order valence-electron chi connectivity index (χ2n) is 4.36. The Hall–Kier alpha value is -0.260. The van der Waals surface area contributed by atoms with Crippen molar-refractivity contribution in [2.45, 2.75) is 78.6 Å². The van der Waals surface area contributed by atoms with Crippen LogP contribution in [0, 0.1) is 0 Å². The van der Waals surface area contributed by atoms with Crippen LogP contribution in [0.4, 0.5) is 0 Å². The summed E-state index contributed by atoms with van der Waals surface area (Å²) in [6.07, 6.45) is 14.7. The lowest BCUT2D eigenvalue weighted by Crippen LogP contribution is -1.81. The van der Waals surface area contributed by atoms with Gasteiger partial charge in [-0.25, -0.2) is 0 Å². The molecule has 0 saturated heterocycles. The Balaban J connectivity index is 3.25. The highest BCUT2D eigenvalue weighted by atomic mass is 14.0. The normalized spacial score (nSPS) is 12.1. The molecule has 0 heterocycles. The first kappa shape index (κ1) is 13.7. The van der Waals surface area contributed by atoms with Crippen LogP contribution in [-0.4, -0.2) is 0 Å². The smallest absolute Gasteiger partial charge is 0.0323 e. The molecule has 14 heavy (non-hydrogen) atoms. The Labute approximate surface area is 90.8 Å². The van der Waals surface area contributed by atoms with Gasteiger partial charge in [-0.1, -0.05) is 64.0 Å². The summed E-state index contributed by atoms with van der Waals surface area (Å²) in [5, 5.41) is 0. The SMILES string of the molecule is CCCC/C=C(\C)CCCCCCC. The lowest BCUT2D eigenvalue weighted by molar-refractivity contribution is 0.629. The predicted octanol–water partition coefficient (Wildman–Crippen LogP) is 5.48. The maximum atomic E-state index is 2.43. The Morgan fingerprint density at radius 3 is 2.14 bits per heavy atom. The molecule has 0 heteroatoms. The van der Waals surface area contributed by atoms with E-state index in [9.17, 15) is 0 Å². The molecule has 0 aliphatic rings. The van der Waals surface area contributed by atoms with E-state index in [4.69, 9.17) is 0 Å². The van der Waals surface area contributed by atoms with Crippen molar-refractivity contribution >= 4 is 0 Å². The van der Waals surface area contributed by atoms with Crippen LogP contribution in [0.25, 0.3) is 0 Å². The fraction of sp³-hybridized carbons (Fsp3) is 0.857. The van der Waals surface area contributed by atoms with Gasteiger partial charge in [0.25, 0.3) is 0 Å². The van der Waals surface area contributed by atoms with Crippen molar-refractivity contribution in [3.63, 3.8) is 0 Å². The average molecular weight is 196 g/mol. The first-order chi connectivity index (χ1) is 6.81. The van der Waals surface area contributed by atoms with Crippen LogP contribution in [-0.2, 0) is 0 Å². The van der Waals surface area contributed by atoms with Crippen molar-refractivity contribution in [1.29, 1.82) is 0 Å². The van der Waals surface area contributed by atoms with Crippen molar-refractivity contribution in [3.8, 4) is 0 Å². The fourth-order valence-corrected chi connectivity index (χ4v) is 1.66. The fourth-order valence-electron chi connectivity index (χ4n) is 1.66. The Morgan fingerprint density at radius 1 is 0.857 bits per heavy atom. The number of hydrogen-bond acceptors (Lipinski definition) is 0. The van der Waals surface area contributed by atoms with E-state index >= 15 is 0 Å². The highest BCUT2D eigenvalue weighted by Gasteiger charge is 1.91. The molecule has 0 aromatic rings. The van der Waals surface area contributed by atoms with E-state index in [-0.39, 0.29) is 0 Å². The summed E-state index contributed by atoms with van der Waals surface area (Å²) in [4.78, 5) is 0. The molecule has 0 N–H and O–H groups in total. The van der Waals surface area contributed by atoms with Crippen LogP contribution in [0.15, 0.2) is 11.6 Å². The van der Waals surface area contributed by atoms with Gasteiger partial charge in [0.2, 0.25) is 0 Å². The van der Waals surface area contributed by atoms with Crippen molar-refractivity contribution in [2.75, 3.05) is 0 Å². The molecule has 0 nitrogen and oxygen atoms in total. The maximum Gasteiger partial charge on any atom is -0.0323 e. The molecule has 0 fully saturated rings. The third kappa shape index (κ3) is 9.83. The molecule has 0 aliphatic heterocycles. The summed E-state index contributed by atoms with van der Waals surface area (Å²) in [5.41, 5.74) is 1.61. The van der Waals surface area contributed by atoms with Crippen molar-refractivity contribution in [1.82, 2.24) is 0 Å². The lowest BCUT2D eigenvalue weighted by Gasteiger charge is -2.01. The molecule has 0 rings (SSSR count). The van der Waals surface area contributed by atoms with Gasteiger partial charge in [-0.3, -0.25) is 0 Å². The molecule has 0 aromatic heterocycles. The van der Waals surface area contributed by atoms with Gasteiger partial charge in [0, 0.05) is 0 Å². The summed E-state index contributed by atoms with van der Waals surface area (Å²) in [5.74, 6) is 0. The second-order valence-corrected chi connectivity index (χ2v) is 4.36. The molecule has 0 atom stereocenters. The molecule has 0 bridgehead atoms. The summed E-state index contributed by atoms with van der Waals surface area (Å²) in [6, 6.07) is 0. The molecule has 84 valence electrons. The molecule has 0 unspecified atom stereocenters. The number of hydrogen-bond donors (Lipinski definition) is 0. The largest absolute Gasteiger partial charge is 0.0856 e. The third-order valence-electron chi connectivity index (χ3n) is 2.73. The topological polar surface area (TPSA) is 0 Å². The summed E-state index contributed by atoms with van der Waals surface area (Å²) < 4.78 is 0. The van der Waals surface area contributed by atoms with Crippen LogP contribution in [0.5, 0.6) is 0 Å². The first-order valence-electron chi connectivity index (χ1n) is 6.46. The van der Waals surface area contributed by atoms with Crippen LogP contribution in [0.1, 0.15) is 78.6 Å². The standard InChI is InChI=1S/C14H28/c1-4-6-8-9-11-13-14(3)12-10-7-5-2/h12H,4-11,13H2,1-3H3/b14-12+. The van der Waals surface area contributed by atoms with Crippen LogP contribution in [0.2, 0.25) is 0 Å². The lowest BCUT2D eigenvalue weighted by atomic mass is 10.1. The van der Waals surface area contributed by atoms with Gasteiger partial charge in [0.15, 0.2) is 0 Å². The summed E-state index contributed by atoms with van der Waals surface area (Å²) in [6.45, 7) is 6.82. The van der Waals surface area contributed by atoms with Crippen molar-refractivity contribution in [3.05, 3.63) is 11.6 Å². The third-order valence-corrected chi connectivity index (χ3v) is 2.73. The van der Waals surface area contributed by atoms with Gasteiger partial charge < -0.3 is 0 Å². The van der Waals surface area contributed by atoms with E-state index in [0.717, 1.165) is 0 Å². The Kier molecular flexibility index (Phi) is 10.6. The molecule has 0 aromatic carbocycles. The molecular formula is C14H28. The maximum absolute atomic E-state index is 2.43. The van der Waals surface area contributed by atoms with Gasteiger partial charge in [-0.2, -0.15) is 0 Å². The molecule has 0 amide bonds. The van der Waals surface area contributed by atoms with Gasteiger partial charge in [0.05, 0.1) is 0 Å². The minimum absolute atomic E-state index is 1.29. The number of allylic oxidation sites excluding steroid dienone is 2. The molecule has 0 radical (unpaired) electrons. The van der Waals surface area contributed by atoms with Gasteiger partial charge in [-0.15, -0.1) is 0 Å². The zero-order valence-corrected chi connectivity index (χ0v) is 10.4. The van der Waals surface area contributed by atoms with E-state index in [0.29, 0.717) is 0 Å². The quantitative estimate of drug-likeness (QED) is 0.338. The van der Waals surface area contributed by atoms with Crippen molar-refractivity contribution in [2.24, 2.45) is 0 Å². The minimum Gasteiger partial charge on any atom is -0.0856 e. The summed E-state index contributed by atoms with van der Waals surface area (Å²) in [7, 11) is 0. The first-order valence-corrected chi connectivity index (χ1v) is 6.46. The van der Waals surface area contributed by atoms with E-state index in [1.807, 2.05) is 0 Å². The summed E-state index contributed by atoms with van der Waals surface area (Å²) >= 11 is 0. The van der Waals surface area contributed by atoms with E-state index in [1.54, 1.807) is 5.57 Å². The number of unbranched alkanes of at least 4 members (excludes halogenated alkanes) is 6. The molecule has 0 spiro atoms. The highest BCUT2D eigenvalue weighted by Crippen LogP contribution is 2.11. The van der Waals surface area contributed by atoms with Crippen molar-refractivity contribution < 1.29 is 0 Å². The van der Waals surface area contributed by atoms with Crippen LogP contribution >= 0.6 is 0 Å². The van der Waals surface area contributed by atoms with Gasteiger partial charge in [-0.05, 0) is 26.2 Å². The van der Waals surface area contributed by atoms with E-state index in [1.165, 1.54) is 57.8 Å². The monoisotopic (exact) mass is 196 g/mol. The van der Waals surface area contributed by atoms with Gasteiger partial charge >= 0.3 is 0 Å². The van der Waals surface area contributed by atoms with Crippen LogP contribution < -0.4 is 0 Å². The molecule has 0 aliphatic carbocycles. The molecular weight excluding hydrogens is 168 g/mol.